The third-order valence-electron chi connectivity index (χ3n) is 4.44. The summed E-state index contributed by atoms with van der Waals surface area (Å²) < 4.78 is 25.5. The second-order valence-corrected chi connectivity index (χ2v) is 8.24. The fourth-order valence-electron chi connectivity index (χ4n) is 3.33. The molecular weight excluding hydrogens is 274 g/mol. The highest BCUT2D eigenvalue weighted by Gasteiger charge is 2.49. The lowest BCUT2D eigenvalue weighted by Gasteiger charge is -2.48. The second-order valence-electron chi connectivity index (χ2n) is 5.98. The Morgan fingerprint density at radius 2 is 1.95 bits per heavy atom. The Balaban J connectivity index is 1.56. The zero-order valence-electron chi connectivity index (χ0n) is 11.8. The van der Waals surface area contributed by atoms with Gasteiger partial charge >= 0.3 is 0 Å². The van der Waals surface area contributed by atoms with Crippen molar-refractivity contribution in [2.75, 3.05) is 31.9 Å². The number of pyridine rings is 1. The van der Waals surface area contributed by atoms with Crippen LogP contribution in [0.2, 0.25) is 0 Å². The normalized spacial score (nSPS) is 23.1. The molecule has 110 valence electrons. The zero-order chi connectivity index (χ0) is 14.2. The van der Waals surface area contributed by atoms with E-state index in [0.717, 1.165) is 26.1 Å². The number of likely N-dealkylation sites (tertiary alicyclic amines) is 1. The Hall–Kier alpha value is -0.980. The van der Waals surface area contributed by atoms with Crippen molar-refractivity contribution in [1.82, 2.24) is 14.2 Å². The van der Waals surface area contributed by atoms with Crippen LogP contribution < -0.4 is 0 Å². The first-order valence-electron chi connectivity index (χ1n) is 7.12. The van der Waals surface area contributed by atoms with E-state index < -0.39 is 10.0 Å². The molecule has 20 heavy (non-hydrogen) atoms. The van der Waals surface area contributed by atoms with Gasteiger partial charge in [-0.05, 0) is 31.0 Å². The van der Waals surface area contributed by atoms with Crippen LogP contribution in [0.3, 0.4) is 0 Å². The van der Waals surface area contributed by atoms with Gasteiger partial charge in [0.25, 0.3) is 0 Å². The maximum atomic E-state index is 11.9. The van der Waals surface area contributed by atoms with Crippen LogP contribution in [0.5, 0.6) is 0 Å². The third-order valence-corrected chi connectivity index (χ3v) is 6.26. The summed E-state index contributed by atoms with van der Waals surface area (Å²) in [5.41, 5.74) is 1.47. The predicted octanol–water partition coefficient (Wildman–Crippen LogP) is 0.939. The summed E-state index contributed by atoms with van der Waals surface area (Å²) in [5.74, 6) is 0.212. The van der Waals surface area contributed by atoms with Crippen LogP contribution in [0.4, 0.5) is 0 Å². The lowest BCUT2D eigenvalue weighted by atomic mass is 9.79. The first-order chi connectivity index (χ1) is 9.53. The number of aromatic nitrogens is 1. The molecule has 0 saturated carbocycles. The molecule has 0 unspecified atom stereocenters. The molecule has 6 heteroatoms. The molecule has 0 N–H and O–H groups in total. The molecule has 5 nitrogen and oxygen atoms in total. The quantitative estimate of drug-likeness (QED) is 0.829. The number of rotatable bonds is 4. The number of nitrogens with zero attached hydrogens (tertiary/aromatic N) is 3. The minimum absolute atomic E-state index is 0.204. The Kier molecular flexibility index (Phi) is 3.56. The highest BCUT2D eigenvalue weighted by atomic mass is 32.2. The van der Waals surface area contributed by atoms with E-state index in [0.29, 0.717) is 13.1 Å². The van der Waals surface area contributed by atoms with Crippen molar-refractivity contribution in [3.8, 4) is 0 Å². The van der Waals surface area contributed by atoms with E-state index in [4.69, 9.17) is 0 Å². The summed E-state index contributed by atoms with van der Waals surface area (Å²) >= 11 is 0. The Morgan fingerprint density at radius 3 is 2.60 bits per heavy atom. The van der Waals surface area contributed by atoms with E-state index in [-0.39, 0.29) is 11.2 Å². The van der Waals surface area contributed by atoms with Crippen LogP contribution in [0, 0.1) is 5.41 Å². The summed E-state index contributed by atoms with van der Waals surface area (Å²) in [6, 6.07) is 4.07. The van der Waals surface area contributed by atoms with Crippen molar-refractivity contribution in [3.63, 3.8) is 0 Å². The molecule has 0 atom stereocenters. The number of hydrogen-bond acceptors (Lipinski definition) is 4. The van der Waals surface area contributed by atoms with Crippen molar-refractivity contribution >= 4 is 10.0 Å². The minimum atomic E-state index is -3.01. The number of sulfonamides is 1. The first-order valence-corrected chi connectivity index (χ1v) is 8.73. The van der Waals surface area contributed by atoms with Gasteiger partial charge in [0, 0.05) is 50.5 Å². The fraction of sp³-hybridized carbons (Fsp3) is 0.643. The van der Waals surface area contributed by atoms with Crippen LogP contribution in [-0.2, 0) is 16.6 Å². The third kappa shape index (κ3) is 2.60. The summed E-state index contributed by atoms with van der Waals surface area (Å²) in [6.07, 6.45) is 4.63. The molecule has 1 aromatic rings. The van der Waals surface area contributed by atoms with E-state index in [1.807, 2.05) is 24.5 Å². The molecule has 0 bridgehead atoms. The van der Waals surface area contributed by atoms with Gasteiger partial charge in [0.1, 0.15) is 0 Å². The van der Waals surface area contributed by atoms with Crippen molar-refractivity contribution in [2.24, 2.45) is 5.41 Å². The van der Waals surface area contributed by atoms with Gasteiger partial charge in [-0.3, -0.25) is 9.88 Å². The smallest absolute Gasteiger partial charge is 0.213 e. The van der Waals surface area contributed by atoms with Crippen LogP contribution in [0.1, 0.15) is 18.9 Å². The van der Waals surface area contributed by atoms with Gasteiger partial charge in [-0.25, -0.2) is 12.7 Å². The highest BCUT2D eigenvalue weighted by molar-refractivity contribution is 7.89. The molecule has 0 aromatic carbocycles. The van der Waals surface area contributed by atoms with Crippen LogP contribution in [0.15, 0.2) is 24.5 Å². The van der Waals surface area contributed by atoms with E-state index >= 15 is 0 Å². The van der Waals surface area contributed by atoms with Gasteiger partial charge in [0.05, 0.1) is 5.75 Å². The molecular formula is C14H21N3O2S. The van der Waals surface area contributed by atoms with Crippen molar-refractivity contribution in [2.45, 2.75) is 19.9 Å². The largest absolute Gasteiger partial charge is 0.298 e. The van der Waals surface area contributed by atoms with Crippen LogP contribution in [-0.4, -0.2) is 54.5 Å². The number of hydrogen-bond donors (Lipinski definition) is 0. The average molecular weight is 295 g/mol. The van der Waals surface area contributed by atoms with Gasteiger partial charge in [-0.1, -0.05) is 0 Å². The standard InChI is InChI=1S/C14H21N3O2S/c1-2-20(18,19)17-8-5-14(12-17)10-16(11-14)9-13-3-6-15-7-4-13/h3-4,6-7H,2,5,8-12H2,1H3. The highest BCUT2D eigenvalue weighted by Crippen LogP contribution is 2.41. The Labute approximate surface area is 120 Å². The fourth-order valence-corrected chi connectivity index (χ4v) is 4.54. The molecule has 2 fully saturated rings. The van der Waals surface area contributed by atoms with E-state index in [1.54, 1.807) is 11.2 Å². The SMILES string of the molecule is CCS(=O)(=O)N1CCC2(CN(Cc3ccncc3)C2)C1. The lowest BCUT2D eigenvalue weighted by Crippen LogP contribution is -2.57. The van der Waals surface area contributed by atoms with Gasteiger partial charge in [0.2, 0.25) is 10.0 Å². The molecule has 1 spiro atoms. The monoisotopic (exact) mass is 295 g/mol. The molecule has 2 aliphatic heterocycles. The Bertz CT molecular complexity index is 567. The molecule has 0 radical (unpaired) electrons. The van der Waals surface area contributed by atoms with Crippen LogP contribution in [0.25, 0.3) is 0 Å². The van der Waals surface area contributed by atoms with Gasteiger partial charge < -0.3 is 0 Å². The zero-order valence-corrected chi connectivity index (χ0v) is 12.6. The molecule has 2 aliphatic rings. The summed E-state index contributed by atoms with van der Waals surface area (Å²) in [5, 5.41) is 0. The van der Waals surface area contributed by atoms with Crippen molar-refractivity contribution < 1.29 is 8.42 Å². The van der Waals surface area contributed by atoms with Gasteiger partial charge in [0.15, 0.2) is 0 Å². The molecule has 3 heterocycles. The van der Waals surface area contributed by atoms with E-state index in [2.05, 4.69) is 9.88 Å². The molecule has 0 aliphatic carbocycles. The second kappa shape index (κ2) is 5.09. The van der Waals surface area contributed by atoms with Crippen molar-refractivity contribution in [3.05, 3.63) is 30.1 Å². The van der Waals surface area contributed by atoms with Gasteiger partial charge in [-0.15, -0.1) is 0 Å². The van der Waals surface area contributed by atoms with Crippen molar-refractivity contribution in [1.29, 1.82) is 0 Å². The Morgan fingerprint density at radius 1 is 1.25 bits per heavy atom. The first kappa shape index (κ1) is 14.0. The molecule has 1 aromatic heterocycles. The minimum Gasteiger partial charge on any atom is -0.298 e. The average Bonchev–Trinajstić information content (AvgIpc) is 2.85. The molecule has 2 saturated heterocycles. The van der Waals surface area contributed by atoms with E-state index in [1.165, 1.54) is 5.56 Å². The topological polar surface area (TPSA) is 53.5 Å². The van der Waals surface area contributed by atoms with Gasteiger partial charge in [-0.2, -0.15) is 0 Å². The summed E-state index contributed by atoms with van der Waals surface area (Å²) in [7, 11) is -3.01. The lowest BCUT2D eigenvalue weighted by molar-refractivity contribution is 0.00651. The van der Waals surface area contributed by atoms with Crippen LogP contribution >= 0.6 is 0 Å². The maximum absolute atomic E-state index is 11.9. The summed E-state index contributed by atoms with van der Waals surface area (Å²) in [4.78, 5) is 6.41. The maximum Gasteiger partial charge on any atom is 0.213 e. The predicted molar refractivity (Wildman–Crippen MR) is 77.6 cm³/mol. The van der Waals surface area contributed by atoms with E-state index in [9.17, 15) is 8.42 Å². The summed E-state index contributed by atoms with van der Waals surface area (Å²) in [6.45, 7) is 6.06. The molecule has 3 rings (SSSR count). The molecule has 0 amide bonds.